The second-order valence-corrected chi connectivity index (χ2v) is 12.1. The molecule has 10 heteroatoms. The summed E-state index contributed by atoms with van der Waals surface area (Å²) in [4.78, 5) is 24.5. The number of nitrogens with one attached hydrogen (secondary N) is 2. The lowest BCUT2D eigenvalue weighted by atomic mass is 10.1. The Hall–Kier alpha value is -3.08. The molecule has 0 saturated carbocycles. The molecule has 0 spiro atoms. The van der Waals surface area contributed by atoms with Gasteiger partial charge in [0, 0.05) is 35.0 Å². The average Bonchev–Trinajstić information content (AvgIpc) is 3.51. The molecule has 1 aromatic heterocycles. The van der Waals surface area contributed by atoms with Crippen molar-refractivity contribution >= 4 is 50.3 Å². The van der Waals surface area contributed by atoms with Gasteiger partial charge in [-0.3, -0.25) is 9.59 Å². The minimum absolute atomic E-state index is 0.0151. The topological polar surface area (TPSA) is 109 Å². The van der Waals surface area contributed by atoms with Crippen LogP contribution in [0, 0.1) is 12.8 Å². The Morgan fingerprint density at radius 1 is 1.14 bits per heavy atom. The van der Waals surface area contributed by atoms with Crippen molar-refractivity contribution in [3.8, 4) is 0 Å². The van der Waals surface area contributed by atoms with E-state index in [1.807, 2.05) is 25.1 Å². The summed E-state index contributed by atoms with van der Waals surface area (Å²) in [5.74, 6) is -0.187. The smallest absolute Gasteiger partial charge is 0.291 e. The van der Waals surface area contributed by atoms with E-state index in [0.29, 0.717) is 24.4 Å². The number of furan rings is 1. The number of carbonyl (C=O) groups is 2. The fourth-order valence-corrected chi connectivity index (χ4v) is 7.94. The minimum Gasteiger partial charge on any atom is -0.451 e. The van der Waals surface area contributed by atoms with Crippen molar-refractivity contribution in [2.45, 2.75) is 28.9 Å². The number of anilines is 1. The van der Waals surface area contributed by atoms with Crippen molar-refractivity contribution in [3.05, 3.63) is 72.5 Å². The van der Waals surface area contributed by atoms with Crippen LogP contribution in [-0.4, -0.2) is 48.3 Å². The summed E-state index contributed by atoms with van der Waals surface area (Å²) in [7, 11) is -3.66. The van der Waals surface area contributed by atoms with E-state index in [1.165, 1.54) is 22.5 Å². The molecule has 182 valence electrons. The number of sulfonamides is 1. The van der Waals surface area contributed by atoms with Gasteiger partial charge in [-0.05, 0) is 55.7 Å². The zero-order valence-electron chi connectivity index (χ0n) is 19.1. The zero-order valence-corrected chi connectivity index (χ0v) is 20.7. The van der Waals surface area contributed by atoms with Crippen molar-refractivity contribution < 1.29 is 22.4 Å². The van der Waals surface area contributed by atoms with Gasteiger partial charge in [0.25, 0.3) is 5.91 Å². The lowest BCUT2D eigenvalue weighted by Crippen LogP contribution is -2.33. The molecule has 0 radical (unpaired) electrons. The molecule has 2 aliphatic heterocycles. The fraction of sp³-hybridized carbons (Fsp3) is 0.280. The Kier molecular flexibility index (Phi) is 6.20. The number of hydrogen-bond donors (Lipinski definition) is 2. The van der Waals surface area contributed by atoms with Crippen molar-refractivity contribution in [1.29, 1.82) is 0 Å². The van der Waals surface area contributed by atoms with Crippen molar-refractivity contribution in [2.24, 2.45) is 5.92 Å². The average molecular weight is 512 g/mol. The highest BCUT2D eigenvalue weighted by atomic mass is 32.2. The van der Waals surface area contributed by atoms with Gasteiger partial charge in [-0.15, -0.1) is 11.8 Å². The van der Waals surface area contributed by atoms with E-state index in [1.54, 1.807) is 30.0 Å². The van der Waals surface area contributed by atoms with Gasteiger partial charge in [0.2, 0.25) is 15.9 Å². The van der Waals surface area contributed by atoms with Crippen LogP contribution < -0.4 is 10.6 Å². The van der Waals surface area contributed by atoms with E-state index < -0.39 is 15.9 Å². The van der Waals surface area contributed by atoms with Crippen LogP contribution in [0.4, 0.5) is 5.69 Å². The van der Waals surface area contributed by atoms with Crippen molar-refractivity contribution in [2.75, 3.05) is 18.4 Å². The number of thioether (sulfide) groups is 1. The number of aryl methyl sites for hydroxylation is 1. The lowest BCUT2D eigenvalue weighted by molar-refractivity contribution is -0.116. The number of hydrogen-bond acceptors (Lipinski definition) is 6. The van der Waals surface area contributed by atoms with Crippen molar-refractivity contribution in [1.82, 2.24) is 9.62 Å². The van der Waals surface area contributed by atoms with Gasteiger partial charge >= 0.3 is 0 Å². The maximum Gasteiger partial charge on any atom is 0.291 e. The van der Waals surface area contributed by atoms with Crippen LogP contribution in [0.1, 0.15) is 22.5 Å². The quantitative estimate of drug-likeness (QED) is 0.488. The Bertz CT molecular complexity index is 1400. The molecule has 3 unspecified atom stereocenters. The van der Waals surface area contributed by atoms with Gasteiger partial charge in [-0.2, -0.15) is 4.31 Å². The summed E-state index contributed by atoms with van der Waals surface area (Å²) in [6, 6.07) is 13.6. The van der Waals surface area contributed by atoms with Gasteiger partial charge in [0.1, 0.15) is 5.58 Å². The third-order valence-electron chi connectivity index (χ3n) is 6.49. The number of amides is 2. The van der Waals surface area contributed by atoms with E-state index in [9.17, 15) is 18.0 Å². The van der Waals surface area contributed by atoms with Crippen LogP contribution in [-0.2, 0) is 14.8 Å². The molecule has 2 fully saturated rings. The first-order valence-electron chi connectivity index (χ1n) is 11.2. The predicted molar refractivity (Wildman–Crippen MR) is 136 cm³/mol. The minimum atomic E-state index is -3.66. The molecule has 3 heterocycles. The third kappa shape index (κ3) is 4.49. The molecular formula is C25H25N3O5S2. The summed E-state index contributed by atoms with van der Waals surface area (Å²) >= 11 is 1.61. The maximum atomic E-state index is 13.2. The first kappa shape index (κ1) is 23.7. The van der Waals surface area contributed by atoms with Crippen LogP contribution in [0.25, 0.3) is 11.0 Å². The molecule has 2 saturated heterocycles. The fourth-order valence-electron chi connectivity index (χ4n) is 4.67. The van der Waals surface area contributed by atoms with E-state index in [4.69, 9.17) is 4.42 Å². The Morgan fingerprint density at radius 2 is 1.89 bits per heavy atom. The summed E-state index contributed by atoms with van der Waals surface area (Å²) in [5, 5.41) is 6.67. The first-order chi connectivity index (χ1) is 16.8. The van der Waals surface area contributed by atoms with Gasteiger partial charge in [0.15, 0.2) is 5.76 Å². The summed E-state index contributed by atoms with van der Waals surface area (Å²) in [6.45, 7) is 6.12. The standard InChI is InChI=1S/C25H25N3O5S2/c1-3-22(29)27-23-12-16-13-28(14-21(16)34-23)35(31,32)18-10-8-17(9-11-18)26-25(30)24-15(2)19-6-4-5-7-20(19)33-24/h3-11,16,21,23H,1,12-14H2,2H3,(H,26,30)(H,27,29). The van der Waals surface area contributed by atoms with E-state index >= 15 is 0 Å². The third-order valence-corrected chi connectivity index (χ3v) is 9.86. The summed E-state index contributed by atoms with van der Waals surface area (Å²) in [5.41, 5.74) is 1.86. The van der Waals surface area contributed by atoms with Crippen molar-refractivity contribution in [3.63, 3.8) is 0 Å². The number of carbonyl (C=O) groups excluding carboxylic acids is 2. The molecule has 35 heavy (non-hydrogen) atoms. The van der Waals surface area contributed by atoms with E-state index in [-0.39, 0.29) is 33.1 Å². The number of nitrogens with zero attached hydrogens (tertiary/aromatic N) is 1. The van der Waals surface area contributed by atoms with Gasteiger partial charge in [-0.1, -0.05) is 24.8 Å². The molecule has 2 aliphatic rings. The highest BCUT2D eigenvalue weighted by molar-refractivity contribution is 8.00. The normalized spacial score (nSPS) is 22.1. The predicted octanol–water partition coefficient (Wildman–Crippen LogP) is 3.75. The monoisotopic (exact) mass is 511 g/mol. The molecule has 3 aromatic rings. The van der Waals surface area contributed by atoms with E-state index in [0.717, 1.165) is 17.4 Å². The Labute approximate surface area is 207 Å². The van der Waals surface area contributed by atoms with Crippen LogP contribution in [0.15, 0.2) is 70.5 Å². The first-order valence-corrected chi connectivity index (χ1v) is 13.6. The molecule has 3 atom stereocenters. The molecular weight excluding hydrogens is 486 g/mol. The Morgan fingerprint density at radius 3 is 2.57 bits per heavy atom. The van der Waals surface area contributed by atoms with Gasteiger partial charge in [-0.25, -0.2) is 8.42 Å². The number of para-hydroxylation sites is 1. The van der Waals surface area contributed by atoms with Crippen LogP contribution in [0.5, 0.6) is 0 Å². The zero-order chi connectivity index (χ0) is 24.7. The van der Waals surface area contributed by atoms with Gasteiger partial charge in [0.05, 0.1) is 10.3 Å². The highest BCUT2D eigenvalue weighted by Gasteiger charge is 2.45. The largest absolute Gasteiger partial charge is 0.451 e. The molecule has 2 amide bonds. The molecule has 5 rings (SSSR count). The molecule has 0 bridgehead atoms. The maximum absolute atomic E-state index is 13.2. The SMILES string of the molecule is C=CC(=O)NC1CC2CN(S(=O)(=O)c3ccc(NC(=O)c4oc5ccccc5c4C)cc3)CC2S1. The second-order valence-electron chi connectivity index (χ2n) is 8.72. The van der Waals surface area contributed by atoms with Crippen LogP contribution >= 0.6 is 11.8 Å². The number of fused-ring (bicyclic) bond motifs is 2. The second kappa shape index (κ2) is 9.18. The number of rotatable bonds is 6. The lowest BCUT2D eigenvalue weighted by Gasteiger charge is -2.19. The number of benzene rings is 2. The van der Waals surface area contributed by atoms with Crippen LogP contribution in [0.2, 0.25) is 0 Å². The Balaban J connectivity index is 1.24. The van der Waals surface area contributed by atoms with Crippen LogP contribution in [0.3, 0.4) is 0 Å². The summed E-state index contributed by atoms with van der Waals surface area (Å²) in [6.07, 6.45) is 1.97. The van der Waals surface area contributed by atoms with E-state index in [2.05, 4.69) is 17.2 Å². The molecule has 2 aromatic carbocycles. The summed E-state index contributed by atoms with van der Waals surface area (Å²) < 4.78 is 33.6. The molecule has 2 N–H and O–H groups in total. The van der Waals surface area contributed by atoms with Gasteiger partial charge < -0.3 is 15.1 Å². The molecule has 8 nitrogen and oxygen atoms in total. The highest BCUT2D eigenvalue weighted by Crippen LogP contribution is 2.43. The molecule has 0 aliphatic carbocycles.